The van der Waals surface area contributed by atoms with Crippen LogP contribution in [0.4, 0.5) is 25.2 Å². The number of halogens is 6. The first-order valence-electron chi connectivity index (χ1n) is 1.40. The molecule has 0 saturated carbocycles. The van der Waals surface area contributed by atoms with Gasteiger partial charge in [-0.15, -0.1) is 4.91 Å². The molecule has 0 aromatic rings. The fourth-order valence-corrected chi connectivity index (χ4v) is 0. The van der Waals surface area contributed by atoms with Gasteiger partial charge in [-0.2, -0.15) is 0 Å². The first-order chi connectivity index (χ1) is 3.86. The third-order valence-electron chi connectivity index (χ3n) is 0. The molecule has 0 aliphatic heterocycles. The molecule has 0 heterocycles. The minimum atomic E-state index is -10.7. The van der Waals surface area contributed by atoms with Crippen LogP contribution in [-0.2, 0) is 0 Å². The Hall–Kier alpha value is -0.590. The van der Waals surface area contributed by atoms with Crippen molar-refractivity contribution in [1.82, 2.24) is 0 Å². The summed E-state index contributed by atoms with van der Waals surface area (Å²) in [6, 6.07) is 0. The van der Waals surface area contributed by atoms with Gasteiger partial charge in [0.25, 0.3) is 0 Å². The van der Waals surface area contributed by atoms with Crippen molar-refractivity contribution in [1.29, 1.82) is 0 Å². The maximum absolute atomic E-state index is 10.7. The zero-order valence-corrected chi connectivity index (χ0v) is 4.91. The number of hydrogen-bond acceptors (Lipinski definition) is 2. The molecule has 0 aliphatic rings. The van der Waals surface area contributed by atoms with Crippen molar-refractivity contribution in [3.63, 3.8) is 0 Å². The Morgan fingerprint density at radius 1 is 1.00 bits per heavy atom. The van der Waals surface area contributed by atoms with Gasteiger partial charge in [0.2, 0.25) is 0 Å². The smallest absolute Gasteiger partial charge is 0.152 e. The topological polar surface area (TPSA) is 49.7 Å². The van der Waals surface area contributed by atoms with Crippen LogP contribution in [0.15, 0.2) is 5.34 Å². The van der Waals surface area contributed by atoms with Crippen molar-refractivity contribution in [2.45, 2.75) is 0 Å². The van der Waals surface area contributed by atoms with Crippen LogP contribution in [0.1, 0.15) is 0 Å². The van der Waals surface area contributed by atoms with Gasteiger partial charge in [-0.3, -0.25) is 0 Å². The van der Waals surface area contributed by atoms with Crippen LogP contribution in [-0.4, -0.2) is 5.21 Å². The zero-order valence-electron chi connectivity index (χ0n) is 4.02. The normalized spacial score (nSPS) is 17.4. The molecule has 0 rings (SSSR count). The van der Waals surface area contributed by atoms with Gasteiger partial charge in [0.1, 0.15) is 0 Å². The molecule has 0 radical (unpaired) electrons. The van der Waals surface area contributed by atoms with E-state index in [9.17, 15) is 25.2 Å². The number of nitrogens with zero attached hydrogens (tertiary/aromatic N) is 1. The first kappa shape index (κ1) is 12.1. The van der Waals surface area contributed by atoms with E-state index in [2.05, 4.69) is 0 Å². The van der Waals surface area contributed by atoms with Gasteiger partial charge >= 0.3 is 33.0 Å². The Bertz CT molecular complexity index is 105. The van der Waals surface area contributed by atoms with Crippen LogP contribution in [0.5, 0.6) is 0 Å². The van der Waals surface area contributed by atoms with Crippen molar-refractivity contribution in [3.05, 3.63) is 4.91 Å². The van der Waals surface area contributed by atoms with E-state index in [4.69, 9.17) is 10.1 Å². The molecule has 0 atom stereocenters. The Morgan fingerprint density at radius 2 is 1.00 bits per heavy atom. The fourth-order valence-electron chi connectivity index (χ4n) is 0. The van der Waals surface area contributed by atoms with Crippen LogP contribution in [0.3, 0.4) is 0 Å². The number of hydrogen-bond donors (Lipinski definition) is 1. The van der Waals surface area contributed by atoms with Gasteiger partial charge in [0.15, 0.2) is 5.34 Å². The summed E-state index contributed by atoms with van der Waals surface area (Å²) in [5, 5.41) is 7.89. The van der Waals surface area contributed by atoms with Crippen molar-refractivity contribution in [3.8, 4) is 0 Å². The molecule has 0 unspecified atom stereocenters. The Balaban J connectivity index is 0. The summed E-state index contributed by atoms with van der Waals surface area (Å²) in [6.07, 6.45) is 0. The van der Waals surface area contributed by atoms with Crippen molar-refractivity contribution in [2.24, 2.45) is 5.34 Å². The van der Waals surface area contributed by atoms with Crippen LogP contribution >= 0.6 is 7.81 Å². The van der Waals surface area contributed by atoms with Crippen LogP contribution in [0, 0.1) is 4.91 Å². The summed E-state index contributed by atoms with van der Waals surface area (Å²) in [4.78, 5) is 8.11. The van der Waals surface area contributed by atoms with Gasteiger partial charge in [0.05, 0.1) is 0 Å². The van der Waals surface area contributed by atoms with E-state index in [0.29, 0.717) is 0 Å². The molecular weight excluding hydrogens is 191 g/mol. The molecule has 0 fully saturated rings. The molecule has 1 N–H and O–H groups in total. The summed E-state index contributed by atoms with van der Waals surface area (Å²) in [6.45, 7) is 0. The van der Waals surface area contributed by atoms with Crippen LogP contribution < -0.4 is 0 Å². The third kappa shape index (κ3) is 875. The van der Waals surface area contributed by atoms with E-state index < -0.39 is 7.81 Å². The van der Waals surface area contributed by atoms with Crippen molar-refractivity contribution >= 4 is 7.81 Å². The average molecular weight is 192 g/mol. The summed E-state index contributed by atoms with van der Waals surface area (Å²) >= 11 is 0. The van der Waals surface area contributed by atoms with Crippen molar-refractivity contribution < 1.29 is 30.4 Å². The van der Waals surface area contributed by atoms with E-state index in [0.717, 1.165) is 0 Å². The summed E-state index contributed by atoms with van der Waals surface area (Å²) in [5.74, 6) is 0. The van der Waals surface area contributed by atoms with Crippen LogP contribution in [0.25, 0.3) is 0 Å². The molecule has 0 aliphatic carbocycles. The molecular formula is HF6NO2P-. The van der Waals surface area contributed by atoms with E-state index >= 15 is 0 Å². The standard InChI is InChI=1S/F6P.HNO2/c1-7(2,3,4,5)6;2-1-3/h;(H,2,3)/q-1;. The Labute approximate surface area is 49.8 Å². The maximum Gasteiger partial charge on any atom is 0.152 e. The van der Waals surface area contributed by atoms with E-state index in [-0.39, 0.29) is 0 Å². The first-order valence-corrected chi connectivity index (χ1v) is 3.43. The largest absolute Gasteiger partial charge is 0.379 e. The van der Waals surface area contributed by atoms with Gasteiger partial charge in [-0.1, -0.05) is 0 Å². The molecule has 0 amide bonds. The second kappa shape index (κ2) is 1.94. The second-order valence-corrected chi connectivity index (χ2v) is 2.96. The predicted molar refractivity (Wildman–Crippen MR) is 21.1 cm³/mol. The summed E-state index contributed by atoms with van der Waals surface area (Å²) < 4.78 is 59.2. The van der Waals surface area contributed by atoms with Crippen LogP contribution in [0.2, 0.25) is 0 Å². The third-order valence-corrected chi connectivity index (χ3v) is 0. The molecule has 0 aromatic carbocycles. The second-order valence-electron chi connectivity index (χ2n) is 1.04. The molecule has 3 nitrogen and oxygen atoms in total. The van der Waals surface area contributed by atoms with E-state index in [1.54, 1.807) is 0 Å². The van der Waals surface area contributed by atoms with Gasteiger partial charge < -0.3 is 5.21 Å². The molecule has 10 heavy (non-hydrogen) atoms. The molecule has 0 aromatic heterocycles. The zero-order chi connectivity index (χ0) is 9.12. The molecule has 0 bridgehead atoms. The van der Waals surface area contributed by atoms with E-state index in [1.165, 1.54) is 5.34 Å². The summed E-state index contributed by atoms with van der Waals surface area (Å²) in [5.41, 5.74) is 0. The van der Waals surface area contributed by atoms with Crippen molar-refractivity contribution in [2.75, 3.05) is 0 Å². The monoisotopic (exact) mass is 192 g/mol. The van der Waals surface area contributed by atoms with Gasteiger partial charge in [0, 0.05) is 0 Å². The Kier molecular flexibility index (Phi) is 2.36. The number of rotatable bonds is 0. The minimum absolute atomic E-state index is 1.25. The Morgan fingerprint density at radius 3 is 1.00 bits per heavy atom. The predicted octanol–water partition coefficient (Wildman–Crippen LogP) is 3.52. The minimum Gasteiger partial charge on any atom is -0.379 e. The maximum atomic E-state index is 9.87. The van der Waals surface area contributed by atoms with Gasteiger partial charge in [-0.05, 0) is 0 Å². The molecule has 10 heteroatoms. The molecule has 0 saturated heterocycles. The molecule has 66 valence electrons. The quantitative estimate of drug-likeness (QED) is 0.276. The average Bonchev–Trinajstić information content (AvgIpc) is 1.20. The SMILES string of the molecule is F[P-](F)(F)(F)(F)F.O=NO. The van der Waals surface area contributed by atoms with Gasteiger partial charge in [-0.25, -0.2) is 0 Å². The van der Waals surface area contributed by atoms with E-state index in [1.807, 2.05) is 0 Å². The summed E-state index contributed by atoms with van der Waals surface area (Å²) in [7, 11) is -10.7. The fraction of sp³-hybridized carbons (Fsp3) is 0. The molecule has 0 spiro atoms.